The fourth-order valence-electron chi connectivity index (χ4n) is 1.86. The van der Waals surface area contributed by atoms with Crippen LogP contribution in [0, 0.1) is 0 Å². The van der Waals surface area contributed by atoms with E-state index >= 15 is 0 Å². The largest absolute Gasteiger partial charge is 0.464 e. The van der Waals surface area contributed by atoms with Gasteiger partial charge in [-0.25, -0.2) is 13.2 Å². The van der Waals surface area contributed by atoms with Gasteiger partial charge in [-0.2, -0.15) is 8.68 Å². The molecular formula is C13H15N3O4S2. The standard InChI is InChI=1S/C13H15N3O4S2/c1-9(10-4-6-14-7-5-10)16(2)22(18,19)11-8-21-15-12(11)13(17)20-3/h4-9H,1-3H3. The number of hydrogen-bond donors (Lipinski definition) is 0. The molecule has 0 radical (unpaired) electrons. The van der Waals surface area contributed by atoms with Crippen molar-refractivity contribution in [2.45, 2.75) is 17.9 Å². The number of aromatic nitrogens is 2. The Labute approximate surface area is 132 Å². The molecule has 2 heterocycles. The third-order valence-electron chi connectivity index (χ3n) is 3.31. The SMILES string of the molecule is COC(=O)c1nscc1S(=O)(=O)N(C)C(C)c1ccncc1. The number of carbonyl (C=O) groups excluding carboxylic acids is 1. The van der Waals surface area contributed by atoms with Gasteiger partial charge in [-0.1, -0.05) is 0 Å². The predicted octanol–water partition coefficient (Wildman–Crippen LogP) is 1.71. The van der Waals surface area contributed by atoms with E-state index in [0.717, 1.165) is 17.1 Å². The van der Waals surface area contributed by atoms with E-state index in [4.69, 9.17) is 0 Å². The van der Waals surface area contributed by atoms with Crippen LogP contribution in [0.4, 0.5) is 0 Å². The molecular weight excluding hydrogens is 326 g/mol. The van der Waals surface area contributed by atoms with Crippen LogP contribution in [0.3, 0.4) is 0 Å². The Morgan fingerprint density at radius 2 is 2.00 bits per heavy atom. The van der Waals surface area contributed by atoms with Crippen molar-refractivity contribution < 1.29 is 17.9 Å². The van der Waals surface area contributed by atoms with Crippen molar-refractivity contribution in [3.63, 3.8) is 0 Å². The molecule has 0 bridgehead atoms. The fraction of sp³-hybridized carbons (Fsp3) is 0.308. The number of methoxy groups -OCH3 is 1. The topological polar surface area (TPSA) is 89.5 Å². The van der Waals surface area contributed by atoms with Crippen LogP contribution in [0.5, 0.6) is 0 Å². The van der Waals surface area contributed by atoms with Crippen molar-refractivity contribution in [1.82, 2.24) is 13.7 Å². The molecule has 2 rings (SSSR count). The zero-order valence-corrected chi connectivity index (χ0v) is 13.9. The number of rotatable bonds is 5. The van der Waals surface area contributed by atoms with Crippen LogP contribution in [0.1, 0.15) is 29.0 Å². The summed E-state index contributed by atoms with van der Waals surface area (Å²) >= 11 is 0.895. The predicted molar refractivity (Wildman–Crippen MR) is 81.1 cm³/mol. The van der Waals surface area contributed by atoms with E-state index in [-0.39, 0.29) is 10.6 Å². The molecule has 118 valence electrons. The minimum atomic E-state index is -3.87. The number of hydrogen-bond acceptors (Lipinski definition) is 7. The van der Waals surface area contributed by atoms with E-state index in [1.54, 1.807) is 31.5 Å². The summed E-state index contributed by atoms with van der Waals surface area (Å²) in [6.45, 7) is 1.75. The van der Waals surface area contributed by atoms with E-state index in [2.05, 4.69) is 14.1 Å². The maximum Gasteiger partial charge on any atom is 0.359 e. The van der Waals surface area contributed by atoms with Gasteiger partial charge in [-0.15, -0.1) is 0 Å². The smallest absolute Gasteiger partial charge is 0.359 e. The van der Waals surface area contributed by atoms with Crippen LogP contribution in [0.2, 0.25) is 0 Å². The Bertz CT molecular complexity index is 759. The van der Waals surface area contributed by atoms with Gasteiger partial charge in [-0.05, 0) is 36.2 Å². The highest BCUT2D eigenvalue weighted by atomic mass is 32.2. The first kappa shape index (κ1) is 16.5. The van der Waals surface area contributed by atoms with Crippen molar-refractivity contribution in [2.24, 2.45) is 0 Å². The molecule has 0 fully saturated rings. The first-order valence-corrected chi connectivity index (χ1v) is 8.58. The summed E-state index contributed by atoms with van der Waals surface area (Å²) in [6, 6.07) is 3.06. The lowest BCUT2D eigenvalue weighted by Crippen LogP contribution is -2.30. The maximum atomic E-state index is 12.7. The molecule has 0 spiro atoms. The fourth-order valence-corrected chi connectivity index (χ4v) is 4.29. The first-order chi connectivity index (χ1) is 10.4. The Morgan fingerprint density at radius 3 is 2.59 bits per heavy atom. The summed E-state index contributed by atoms with van der Waals surface area (Å²) in [5.74, 6) is -0.773. The van der Waals surface area contributed by atoms with Crippen LogP contribution >= 0.6 is 11.5 Å². The lowest BCUT2D eigenvalue weighted by molar-refractivity contribution is 0.0590. The minimum Gasteiger partial charge on any atom is -0.464 e. The highest BCUT2D eigenvalue weighted by molar-refractivity contribution is 7.89. The summed E-state index contributed by atoms with van der Waals surface area (Å²) in [4.78, 5) is 15.4. The molecule has 0 aliphatic heterocycles. The Balaban J connectivity index is 2.39. The Morgan fingerprint density at radius 1 is 1.36 bits per heavy atom. The number of esters is 1. The van der Waals surface area contributed by atoms with Gasteiger partial charge in [0.05, 0.1) is 7.11 Å². The molecule has 0 aliphatic carbocycles. The minimum absolute atomic E-state index is 0.146. The average molecular weight is 341 g/mol. The van der Waals surface area contributed by atoms with Crippen molar-refractivity contribution in [3.05, 3.63) is 41.2 Å². The molecule has 22 heavy (non-hydrogen) atoms. The molecule has 0 N–H and O–H groups in total. The van der Waals surface area contributed by atoms with Gasteiger partial charge < -0.3 is 4.74 Å². The van der Waals surface area contributed by atoms with Crippen LogP contribution in [-0.2, 0) is 14.8 Å². The van der Waals surface area contributed by atoms with Gasteiger partial charge in [0.25, 0.3) is 0 Å². The quantitative estimate of drug-likeness (QED) is 0.769. The van der Waals surface area contributed by atoms with Crippen LogP contribution in [-0.4, -0.2) is 42.2 Å². The summed E-state index contributed by atoms with van der Waals surface area (Å²) < 4.78 is 35.0. The average Bonchev–Trinajstić information content (AvgIpc) is 3.04. The number of carbonyl (C=O) groups is 1. The van der Waals surface area contributed by atoms with Gasteiger partial charge in [0.2, 0.25) is 10.0 Å². The zero-order valence-electron chi connectivity index (χ0n) is 12.3. The third kappa shape index (κ3) is 3.01. The van der Waals surface area contributed by atoms with Crippen LogP contribution < -0.4 is 0 Å². The molecule has 7 nitrogen and oxygen atoms in total. The molecule has 0 saturated heterocycles. The molecule has 0 aliphatic rings. The van der Waals surface area contributed by atoms with Crippen molar-refractivity contribution in [3.8, 4) is 0 Å². The van der Waals surface area contributed by atoms with E-state index in [1.165, 1.54) is 23.8 Å². The lowest BCUT2D eigenvalue weighted by Gasteiger charge is -2.24. The first-order valence-electron chi connectivity index (χ1n) is 6.30. The van der Waals surface area contributed by atoms with Crippen molar-refractivity contribution >= 4 is 27.5 Å². The van der Waals surface area contributed by atoms with Crippen LogP contribution in [0.15, 0.2) is 34.8 Å². The second-order valence-corrected chi connectivity index (χ2v) is 7.09. The van der Waals surface area contributed by atoms with Gasteiger partial charge in [0, 0.05) is 30.9 Å². The molecule has 0 aromatic carbocycles. The Hall–Kier alpha value is -1.84. The van der Waals surface area contributed by atoms with E-state index in [9.17, 15) is 13.2 Å². The zero-order chi connectivity index (χ0) is 16.3. The molecule has 0 saturated carbocycles. The number of ether oxygens (including phenoxy) is 1. The second-order valence-electron chi connectivity index (χ2n) is 4.50. The van der Waals surface area contributed by atoms with Gasteiger partial charge in [0.1, 0.15) is 4.90 Å². The van der Waals surface area contributed by atoms with Gasteiger partial charge >= 0.3 is 5.97 Å². The maximum absolute atomic E-state index is 12.7. The van der Waals surface area contributed by atoms with Gasteiger partial charge in [-0.3, -0.25) is 4.98 Å². The molecule has 2 aromatic rings. The monoisotopic (exact) mass is 341 g/mol. The molecule has 1 unspecified atom stereocenters. The van der Waals surface area contributed by atoms with Crippen molar-refractivity contribution in [1.29, 1.82) is 0 Å². The van der Waals surface area contributed by atoms with E-state index in [1.807, 2.05) is 0 Å². The number of sulfonamides is 1. The van der Waals surface area contributed by atoms with Gasteiger partial charge in [0.15, 0.2) is 5.69 Å². The molecule has 0 amide bonds. The highest BCUT2D eigenvalue weighted by Crippen LogP contribution is 2.28. The summed E-state index contributed by atoms with van der Waals surface area (Å²) in [5.41, 5.74) is 0.602. The molecule has 2 aromatic heterocycles. The van der Waals surface area contributed by atoms with E-state index < -0.39 is 22.0 Å². The lowest BCUT2D eigenvalue weighted by atomic mass is 10.1. The normalized spacial score (nSPS) is 13.1. The highest BCUT2D eigenvalue weighted by Gasteiger charge is 2.32. The summed E-state index contributed by atoms with van der Waals surface area (Å²) in [5, 5.41) is 1.33. The number of nitrogens with zero attached hydrogens (tertiary/aromatic N) is 3. The third-order valence-corrected chi connectivity index (χ3v) is 6.03. The van der Waals surface area contributed by atoms with Crippen molar-refractivity contribution in [2.75, 3.05) is 14.2 Å². The summed E-state index contributed by atoms with van der Waals surface area (Å²) in [6.07, 6.45) is 3.19. The Kier molecular flexibility index (Phi) is 4.89. The summed E-state index contributed by atoms with van der Waals surface area (Å²) in [7, 11) is -1.23. The number of pyridine rings is 1. The van der Waals surface area contributed by atoms with E-state index in [0.29, 0.717) is 0 Å². The molecule has 9 heteroatoms. The van der Waals surface area contributed by atoms with Crippen LogP contribution in [0.25, 0.3) is 0 Å². The molecule has 1 atom stereocenters. The second kappa shape index (κ2) is 6.51.